The number of benzene rings is 2. The molecule has 61 heavy (non-hydrogen) atoms. The summed E-state index contributed by atoms with van der Waals surface area (Å²) in [6.45, 7) is 1.93. The summed E-state index contributed by atoms with van der Waals surface area (Å²) < 4.78 is 0. The van der Waals surface area contributed by atoms with Crippen molar-refractivity contribution in [1.29, 1.82) is 5.41 Å². The third kappa shape index (κ3) is 13.1. The quantitative estimate of drug-likeness (QED) is 0.0526. The molecule has 7 amide bonds. The molecule has 328 valence electrons. The zero-order valence-electron chi connectivity index (χ0n) is 33.7. The number of H-pyrrole nitrogens is 1. The zero-order valence-corrected chi connectivity index (χ0v) is 35.4. The molecule has 0 bridgehead atoms. The Balaban J connectivity index is 1.50. The van der Waals surface area contributed by atoms with Gasteiger partial charge < -0.3 is 59.0 Å². The van der Waals surface area contributed by atoms with Crippen molar-refractivity contribution in [2.75, 3.05) is 24.6 Å². The first-order valence-corrected chi connectivity index (χ1v) is 22.5. The van der Waals surface area contributed by atoms with Gasteiger partial charge in [-0.15, -0.1) is 0 Å². The molecule has 0 aliphatic carbocycles. The van der Waals surface area contributed by atoms with Crippen molar-refractivity contribution in [3.8, 4) is 0 Å². The van der Waals surface area contributed by atoms with Gasteiger partial charge in [0, 0.05) is 54.5 Å². The molecule has 0 saturated carbocycles. The van der Waals surface area contributed by atoms with Crippen molar-refractivity contribution in [2.24, 2.45) is 17.2 Å². The second kappa shape index (κ2) is 22.2. The Hall–Kier alpha value is -5.80. The zero-order chi connectivity index (χ0) is 44.1. The monoisotopic (exact) mass is 878 g/mol. The lowest BCUT2D eigenvalue weighted by molar-refractivity contribution is -0.142. The van der Waals surface area contributed by atoms with Crippen LogP contribution in [0.2, 0.25) is 0 Å². The minimum atomic E-state index is -1.27. The number of aromatic amines is 1. The molecule has 2 saturated heterocycles. The summed E-state index contributed by atoms with van der Waals surface area (Å²) in [4.78, 5) is 101. The molecule has 5 rings (SSSR count). The molecule has 7 atom stereocenters. The van der Waals surface area contributed by atoms with E-state index < -0.39 is 83.6 Å². The van der Waals surface area contributed by atoms with E-state index in [1.54, 1.807) is 36.5 Å². The van der Waals surface area contributed by atoms with Gasteiger partial charge in [0.25, 0.3) is 0 Å². The number of para-hydroxylation sites is 1. The molecular weight excluding hydrogens is 825 g/mol. The van der Waals surface area contributed by atoms with Crippen LogP contribution in [-0.2, 0) is 46.4 Å². The Morgan fingerprint density at radius 1 is 0.803 bits per heavy atom. The van der Waals surface area contributed by atoms with Crippen molar-refractivity contribution < 1.29 is 33.6 Å². The van der Waals surface area contributed by atoms with Crippen molar-refractivity contribution in [3.63, 3.8) is 0 Å². The van der Waals surface area contributed by atoms with Gasteiger partial charge in [-0.3, -0.25) is 39.0 Å². The van der Waals surface area contributed by atoms with Gasteiger partial charge in [0.05, 0.1) is 6.04 Å². The highest BCUT2D eigenvalue weighted by Gasteiger charge is 2.39. The van der Waals surface area contributed by atoms with Crippen molar-refractivity contribution in [3.05, 3.63) is 71.9 Å². The Morgan fingerprint density at radius 3 is 2.18 bits per heavy atom. The third-order valence-corrected chi connectivity index (χ3v) is 12.8. The van der Waals surface area contributed by atoms with Gasteiger partial charge in [-0.1, -0.05) is 70.1 Å². The summed E-state index contributed by atoms with van der Waals surface area (Å²) in [6, 6.07) is 8.37. The average Bonchev–Trinajstić information content (AvgIpc) is 3.90. The highest BCUT2D eigenvalue weighted by Crippen LogP contribution is 2.24. The Labute approximate surface area is 360 Å². The lowest BCUT2D eigenvalue weighted by Crippen LogP contribution is -2.60. The average molecular weight is 879 g/mol. The standard InChI is InChI=1S/C40H54N12O7S2/c1-22-39(59)52-16-8-14-32(52)38(58)50-29(17-23-9-3-2-4-10-23)36(56)48-28(13-7-15-45-40(43)44)35(55)49-30(18-24-19-46-27-12-6-5-11-25(24)27)37(57)51-31(33(42)53)21-61-60-20-26(41)34(54)47-22/h2-6,9-12,19,22,26,28-32,46H,7-8,13-18,20-21,41H2,1H3,(H2,42,53)(H,47,54)(H,48,56)(H,49,55)(H,50,58)(H,51,57)(H4,43,44,45)/t22-,26+,28+,29-,30+,31+,32-/m1/s1. The van der Waals surface area contributed by atoms with Crippen molar-refractivity contribution in [1.82, 2.24) is 41.8 Å². The summed E-state index contributed by atoms with van der Waals surface area (Å²) in [5.41, 5.74) is 19.6. The second-order valence-electron chi connectivity index (χ2n) is 15.0. The second-order valence-corrected chi connectivity index (χ2v) is 17.5. The Kier molecular flexibility index (Phi) is 16.8. The number of nitrogens with two attached hydrogens (primary N) is 3. The highest BCUT2D eigenvalue weighted by atomic mass is 33.1. The van der Waals surface area contributed by atoms with Crippen LogP contribution in [0.5, 0.6) is 0 Å². The summed E-state index contributed by atoms with van der Waals surface area (Å²) in [7, 11) is 2.31. The fourth-order valence-electron chi connectivity index (χ4n) is 7.11. The predicted molar refractivity (Wildman–Crippen MR) is 233 cm³/mol. The van der Waals surface area contributed by atoms with E-state index in [-0.39, 0.29) is 56.2 Å². The fraction of sp³-hybridized carbons (Fsp3) is 0.450. The van der Waals surface area contributed by atoms with E-state index in [2.05, 4.69) is 36.9 Å². The SMILES string of the molecule is C[C@H]1NC(=O)[C@@H](N)CSSC[C@@H](C(N)=O)NC(=O)[C@H](Cc2c[nH]c3ccccc23)NC(=O)[C@H](CCCNC(=N)N)NC(=O)[C@@H](Cc2ccccc2)NC(=O)[C@H]2CCCN2C1=O. The largest absolute Gasteiger partial charge is 0.370 e. The van der Waals surface area contributed by atoms with Gasteiger partial charge in [-0.25, -0.2) is 0 Å². The number of carbonyl (C=O) groups excluding carboxylic acids is 7. The predicted octanol–water partition coefficient (Wildman–Crippen LogP) is -1.14. The number of fused-ring (bicyclic) bond motifs is 2. The van der Waals surface area contributed by atoms with E-state index >= 15 is 0 Å². The minimum Gasteiger partial charge on any atom is -0.370 e. The number of primary amides is 1. The molecular formula is C40H54N12O7S2. The number of hydrogen-bond acceptors (Lipinski definition) is 11. The molecule has 0 radical (unpaired) electrons. The third-order valence-electron chi connectivity index (χ3n) is 10.4. The van der Waals surface area contributed by atoms with Gasteiger partial charge >= 0.3 is 0 Å². The smallest absolute Gasteiger partial charge is 0.245 e. The molecule has 14 N–H and O–H groups in total. The molecule has 21 heteroatoms. The fourth-order valence-corrected chi connectivity index (χ4v) is 9.41. The number of guanidine groups is 1. The maximum Gasteiger partial charge on any atom is 0.245 e. The van der Waals surface area contributed by atoms with Gasteiger partial charge in [-0.2, -0.15) is 0 Å². The van der Waals surface area contributed by atoms with Gasteiger partial charge in [0.2, 0.25) is 41.4 Å². The number of nitrogens with one attached hydrogen (secondary N) is 8. The maximum absolute atomic E-state index is 14.4. The molecule has 3 aromatic rings. The van der Waals surface area contributed by atoms with Crippen LogP contribution in [0, 0.1) is 5.41 Å². The molecule has 3 heterocycles. The molecule has 19 nitrogen and oxygen atoms in total. The molecule has 0 unspecified atom stereocenters. The Bertz CT molecular complexity index is 2070. The van der Waals surface area contributed by atoms with Crippen LogP contribution in [0.1, 0.15) is 43.7 Å². The molecule has 0 spiro atoms. The van der Waals surface area contributed by atoms with E-state index in [9.17, 15) is 33.6 Å². The van der Waals surface area contributed by atoms with E-state index in [4.69, 9.17) is 22.6 Å². The van der Waals surface area contributed by atoms with Crippen LogP contribution < -0.4 is 49.1 Å². The molecule has 2 aliphatic rings. The topological polar surface area (TPSA) is 313 Å². The van der Waals surface area contributed by atoms with E-state index in [1.165, 1.54) is 11.8 Å². The summed E-state index contributed by atoms with van der Waals surface area (Å²) in [5.74, 6) is -4.90. The first-order valence-electron chi connectivity index (χ1n) is 20.0. The summed E-state index contributed by atoms with van der Waals surface area (Å²) in [5, 5.41) is 24.7. The highest BCUT2D eigenvalue weighted by molar-refractivity contribution is 8.76. The number of aromatic nitrogens is 1. The van der Waals surface area contributed by atoms with E-state index in [1.807, 2.05) is 24.3 Å². The number of carbonyl (C=O) groups is 7. The van der Waals surface area contributed by atoms with Crippen LogP contribution in [0.15, 0.2) is 60.8 Å². The van der Waals surface area contributed by atoms with Crippen LogP contribution in [0.3, 0.4) is 0 Å². The van der Waals surface area contributed by atoms with E-state index in [0.717, 1.165) is 32.5 Å². The number of rotatable bonds is 9. The molecule has 2 aromatic carbocycles. The first-order chi connectivity index (χ1) is 29.2. The van der Waals surface area contributed by atoms with Crippen molar-refractivity contribution >= 4 is 79.8 Å². The lowest BCUT2D eigenvalue weighted by atomic mass is 10.0. The normalized spacial score (nSPS) is 25.3. The van der Waals surface area contributed by atoms with Crippen molar-refractivity contribution in [2.45, 2.75) is 87.7 Å². The number of amides is 7. The number of hydrogen-bond donors (Lipinski definition) is 11. The summed E-state index contributed by atoms with van der Waals surface area (Å²) in [6.07, 6.45) is 2.82. The number of nitrogens with zero attached hydrogens (tertiary/aromatic N) is 1. The molecule has 1 aromatic heterocycles. The molecule has 2 aliphatic heterocycles. The molecule has 2 fully saturated rings. The lowest BCUT2D eigenvalue weighted by Gasteiger charge is -2.29. The van der Waals surface area contributed by atoms with Crippen LogP contribution in [-0.4, -0.2) is 124 Å². The van der Waals surface area contributed by atoms with Gasteiger partial charge in [0.15, 0.2) is 5.96 Å². The van der Waals surface area contributed by atoms with Gasteiger partial charge in [-0.05, 0) is 49.8 Å². The first kappa shape index (κ1) is 46.3. The Morgan fingerprint density at radius 2 is 1.44 bits per heavy atom. The van der Waals surface area contributed by atoms with Crippen LogP contribution in [0.4, 0.5) is 0 Å². The van der Waals surface area contributed by atoms with E-state index in [0.29, 0.717) is 24.0 Å². The maximum atomic E-state index is 14.4. The van der Waals surface area contributed by atoms with Gasteiger partial charge in [0.1, 0.15) is 36.3 Å². The summed E-state index contributed by atoms with van der Waals surface area (Å²) >= 11 is 0. The minimum absolute atomic E-state index is 0.00920. The van der Waals surface area contributed by atoms with Crippen LogP contribution >= 0.6 is 21.6 Å². The van der Waals surface area contributed by atoms with Crippen LogP contribution in [0.25, 0.3) is 10.9 Å².